The molecule has 3 aromatic rings. The number of amides is 1. The fraction of sp³-hybridized carbons (Fsp3) is 0.324. The number of hydrogen-bond acceptors (Lipinski definition) is 3. The maximum atomic E-state index is 14.4. The summed E-state index contributed by atoms with van der Waals surface area (Å²) >= 11 is 0. The minimum absolute atomic E-state index is 0.0144. The van der Waals surface area contributed by atoms with Crippen LogP contribution in [0, 0.1) is 0 Å². The fourth-order valence-electron chi connectivity index (χ4n) is 5.21. The summed E-state index contributed by atoms with van der Waals surface area (Å²) in [4.78, 5) is 14.7. The van der Waals surface area contributed by atoms with Crippen LogP contribution in [0.25, 0.3) is 5.57 Å². The molecule has 0 radical (unpaired) electrons. The molecule has 2 N–H and O–H groups in total. The van der Waals surface area contributed by atoms with Crippen molar-refractivity contribution in [2.24, 2.45) is 0 Å². The van der Waals surface area contributed by atoms with Crippen LogP contribution in [-0.2, 0) is 12.5 Å². The summed E-state index contributed by atoms with van der Waals surface area (Å²) in [5, 5.41) is 6.86. The second kappa shape index (κ2) is 13.5. The summed E-state index contributed by atoms with van der Waals surface area (Å²) in [5.74, 6) is -2.95. The number of carbonyl (C=O) groups is 1. The lowest BCUT2D eigenvalue weighted by molar-refractivity contribution is 0.0519. The van der Waals surface area contributed by atoms with Crippen molar-refractivity contribution >= 4 is 17.2 Å². The Hall–Kier alpha value is -3.77. The number of alkyl halides is 2. The van der Waals surface area contributed by atoms with Crippen LogP contribution in [-0.4, -0.2) is 37.0 Å². The standard InChI is InChI=1S/C34H39F2N3O/c1-4-19-34(35,36)30-11-7-9-25(22-30)24-38-31-12-8-10-29(23-31)32(27-17-20-37-21-18-27)26-13-15-28(16-14-26)33(40)39(5-2)6-3/h4,7-16,19,22-23,37-38H,5-6,17-18,20-21,24H2,1-3H3/b19-4+. The molecule has 3 aromatic carbocycles. The van der Waals surface area contributed by atoms with E-state index in [1.165, 1.54) is 23.3 Å². The van der Waals surface area contributed by atoms with E-state index in [4.69, 9.17) is 0 Å². The van der Waals surface area contributed by atoms with Crippen molar-refractivity contribution in [2.75, 3.05) is 31.5 Å². The molecule has 0 aromatic heterocycles. The van der Waals surface area contributed by atoms with E-state index >= 15 is 0 Å². The molecule has 4 nitrogen and oxygen atoms in total. The molecule has 0 saturated carbocycles. The molecule has 40 heavy (non-hydrogen) atoms. The molecule has 210 valence electrons. The molecule has 1 aliphatic heterocycles. The number of halogens is 2. The maximum Gasteiger partial charge on any atom is 0.291 e. The Morgan fingerprint density at radius 2 is 1.60 bits per heavy atom. The minimum Gasteiger partial charge on any atom is -0.381 e. The van der Waals surface area contributed by atoms with Crippen molar-refractivity contribution in [3.8, 4) is 0 Å². The molecular weight excluding hydrogens is 504 g/mol. The molecule has 0 spiro atoms. The third kappa shape index (κ3) is 7.05. The van der Waals surface area contributed by atoms with Crippen LogP contribution in [0.4, 0.5) is 14.5 Å². The van der Waals surface area contributed by atoms with Crippen LogP contribution >= 0.6 is 0 Å². The van der Waals surface area contributed by atoms with Gasteiger partial charge >= 0.3 is 0 Å². The molecule has 4 rings (SSSR count). The van der Waals surface area contributed by atoms with E-state index in [2.05, 4.69) is 34.9 Å². The zero-order valence-electron chi connectivity index (χ0n) is 23.6. The Bertz CT molecular complexity index is 1350. The quantitative estimate of drug-likeness (QED) is 0.258. The minimum atomic E-state index is -2.99. The highest BCUT2D eigenvalue weighted by Gasteiger charge is 2.27. The van der Waals surface area contributed by atoms with Crippen molar-refractivity contribution in [1.29, 1.82) is 0 Å². The van der Waals surface area contributed by atoms with Gasteiger partial charge in [-0.3, -0.25) is 4.79 Å². The normalized spacial score (nSPS) is 13.9. The largest absolute Gasteiger partial charge is 0.381 e. The van der Waals surface area contributed by atoms with Crippen molar-refractivity contribution in [1.82, 2.24) is 10.2 Å². The second-order valence-electron chi connectivity index (χ2n) is 10.0. The van der Waals surface area contributed by atoms with Gasteiger partial charge in [-0.15, -0.1) is 0 Å². The molecule has 0 atom stereocenters. The van der Waals surface area contributed by atoms with E-state index in [0.717, 1.165) is 54.4 Å². The lowest BCUT2D eigenvalue weighted by atomic mass is 9.88. The van der Waals surface area contributed by atoms with Gasteiger partial charge in [0, 0.05) is 36.4 Å². The zero-order chi connectivity index (χ0) is 28.5. The van der Waals surface area contributed by atoms with Gasteiger partial charge in [-0.2, -0.15) is 8.78 Å². The zero-order valence-corrected chi connectivity index (χ0v) is 23.6. The molecule has 1 saturated heterocycles. The van der Waals surface area contributed by atoms with Gasteiger partial charge in [0.05, 0.1) is 0 Å². The highest BCUT2D eigenvalue weighted by Crippen LogP contribution is 2.33. The van der Waals surface area contributed by atoms with Gasteiger partial charge in [-0.05, 0) is 105 Å². The van der Waals surface area contributed by atoms with Crippen LogP contribution < -0.4 is 10.6 Å². The molecule has 0 unspecified atom stereocenters. The van der Waals surface area contributed by atoms with Crippen molar-refractivity contribution < 1.29 is 13.6 Å². The number of nitrogens with zero attached hydrogens (tertiary/aromatic N) is 1. The molecule has 1 fully saturated rings. The van der Waals surface area contributed by atoms with Crippen LogP contribution in [0.5, 0.6) is 0 Å². The van der Waals surface area contributed by atoms with Crippen LogP contribution in [0.1, 0.15) is 66.2 Å². The molecule has 0 bridgehead atoms. The average Bonchev–Trinajstić information content (AvgIpc) is 2.98. The van der Waals surface area contributed by atoms with Crippen LogP contribution in [0.15, 0.2) is 90.5 Å². The van der Waals surface area contributed by atoms with Gasteiger partial charge in [-0.1, -0.05) is 54.1 Å². The Balaban J connectivity index is 1.60. The van der Waals surface area contributed by atoms with Gasteiger partial charge in [0.15, 0.2) is 0 Å². The van der Waals surface area contributed by atoms with E-state index in [9.17, 15) is 13.6 Å². The topological polar surface area (TPSA) is 44.4 Å². The smallest absolute Gasteiger partial charge is 0.291 e. The predicted octanol–water partition coefficient (Wildman–Crippen LogP) is 7.63. The van der Waals surface area contributed by atoms with E-state index < -0.39 is 5.92 Å². The summed E-state index contributed by atoms with van der Waals surface area (Å²) in [6.07, 6.45) is 4.22. The number of benzene rings is 3. The number of allylic oxidation sites excluding steroid dienone is 2. The Morgan fingerprint density at radius 1 is 0.925 bits per heavy atom. The van der Waals surface area contributed by atoms with Gasteiger partial charge in [0.25, 0.3) is 11.8 Å². The van der Waals surface area contributed by atoms with Gasteiger partial charge in [-0.25, -0.2) is 0 Å². The number of hydrogen-bond donors (Lipinski definition) is 2. The summed E-state index contributed by atoms with van der Waals surface area (Å²) in [7, 11) is 0. The third-order valence-electron chi connectivity index (χ3n) is 7.37. The number of carbonyl (C=O) groups excluding carboxylic acids is 1. The predicted molar refractivity (Wildman–Crippen MR) is 161 cm³/mol. The highest BCUT2D eigenvalue weighted by atomic mass is 19.3. The first-order valence-electron chi connectivity index (χ1n) is 14.1. The van der Waals surface area contributed by atoms with Gasteiger partial charge < -0.3 is 15.5 Å². The lowest BCUT2D eigenvalue weighted by Gasteiger charge is -2.22. The highest BCUT2D eigenvalue weighted by molar-refractivity contribution is 5.95. The number of nitrogens with one attached hydrogen (secondary N) is 2. The monoisotopic (exact) mass is 543 g/mol. The van der Waals surface area contributed by atoms with Crippen LogP contribution in [0.3, 0.4) is 0 Å². The summed E-state index contributed by atoms with van der Waals surface area (Å²) in [6, 6.07) is 22.8. The third-order valence-corrected chi connectivity index (χ3v) is 7.37. The van der Waals surface area contributed by atoms with E-state index in [-0.39, 0.29) is 11.5 Å². The first kappa shape index (κ1) is 29.2. The summed E-state index contributed by atoms with van der Waals surface area (Å²) < 4.78 is 28.8. The molecule has 0 aliphatic carbocycles. The van der Waals surface area contributed by atoms with Crippen LogP contribution in [0.2, 0.25) is 0 Å². The molecule has 6 heteroatoms. The fourth-order valence-corrected chi connectivity index (χ4v) is 5.21. The van der Waals surface area contributed by atoms with Gasteiger partial charge in [0.2, 0.25) is 0 Å². The Labute approximate surface area is 236 Å². The van der Waals surface area contributed by atoms with E-state index in [0.29, 0.717) is 25.2 Å². The molecule has 1 heterocycles. The molecule has 1 aliphatic rings. The summed E-state index contributed by atoms with van der Waals surface area (Å²) in [6.45, 7) is 9.25. The molecule has 1 amide bonds. The SMILES string of the molecule is C/C=C/C(F)(F)c1cccc(CNc2cccc(C(=C3CCNCC3)c3ccc(C(=O)N(CC)CC)cc3)c2)c1. The Morgan fingerprint density at radius 3 is 2.27 bits per heavy atom. The number of piperidine rings is 1. The first-order valence-corrected chi connectivity index (χ1v) is 14.1. The lowest BCUT2D eigenvalue weighted by Crippen LogP contribution is -2.30. The van der Waals surface area contributed by atoms with Crippen molar-refractivity contribution in [2.45, 2.75) is 46.1 Å². The number of rotatable bonds is 10. The second-order valence-corrected chi connectivity index (χ2v) is 10.0. The van der Waals surface area contributed by atoms with Crippen molar-refractivity contribution in [3.05, 3.63) is 118 Å². The van der Waals surface area contributed by atoms with Gasteiger partial charge in [0.1, 0.15) is 0 Å². The van der Waals surface area contributed by atoms with E-state index in [1.54, 1.807) is 19.1 Å². The summed E-state index contributed by atoms with van der Waals surface area (Å²) in [5.41, 5.74) is 7.15. The number of anilines is 1. The van der Waals surface area contributed by atoms with Crippen molar-refractivity contribution in [3.63, 3.8) is 0 Å². The van der Waals surface area contributed by atoms with E-state index in [1.807, 2.05) is 49.1 Å². The Kier molecular flexibility index (Phi) is 9.88. The maximum absolute atomic E-state index is 14.4. The molecular formula is C34H39F2N3O. The first-order chi connectivity index (χ1) is 19.4. The average molecular weight is 544 g/mol.